The Labute approximate surface area is 185 Å². The highest BCUT2D eigenvalue weighted by atomic mass is 32.2. The van der Waals surface area contributed by atoms with Gasteiger partial charge < -0.3 is 15.8 Å². The third-order valence-corrected chi connectivity index (χ3v) is 8.08. The van der Waals surface area contributed by atoms with Crippen molar-refractivity contribution in [1.29, 1.82) is 0 Å². The van der Waals surface area contributed by atoms with Gasteiger partial charge in [0, 0.05) is 32.8 Å². The van der Waals surface area contributed by atoms with Gasteiger partial charge in [0.25, 0.3) is 0 Å². The molecule has 1 amide bonds. The first kappa shape index (κ1) is 24.7. The van der Waals surface area contributed by atoms with Gasteiger partial charge in [0.05, 0.1) is 23.9 Å². The van der Waals surface area contributed by atoms with Gasteiger partial charge in [-0.3, -0.25) is 9.69 Å². The van der Waals surface area contributed by atoms with Crippen LogP contribution in [0.15, 0.2) is 23.1 Å². The average Bonchev–Trinajstić information content (AvgIpc) is 2.66. The van der Waals surface area contributed by atoms with Gasteiger partial charge in [-0.15, -0.1) is 0 Å². The largest absolute Gasteiger partial charge is 0.416 e. The molecule has 3 N–H and O–H groups in total. The van der Waals surface area contributed by atoms with Crippen LogP contribution in [0, 0.1) is 0 Å². The lowest BCUT2D eigenvalue weighted by Gasteiger charge is -2.40. The molecule has 8 nitrogen and oxygen atoms in total. The van der Waals surface area contributed by atoms with Gasteiger partial charge in [-0.2, -0.15) is 17.5 Å². The quantitative estimate of drug-likeness (QED) is 0.591. The van der Waals surface area contributed by atoms with Crippen LogP contribution in [-0.2, 0) is 25.7 Å². The van der Waals surface area contributed by atoms with Crippen LogP contribution in [0.2, 0.25) is 0 Å². The number of sulfonamides is 1. The van der Waals surface area contributed by atoms with Gasteiger partial charge in [0.1, 0.15) is 4.90 Å². The number of ether oxygens (including phenoxy) is 1. The third-order valence-electron chi connectivity index (χ3n) is 6.13. The maximum absolute atomic E-state index is 13.4. The smallest absolute Gasteiger partial charge is 0.381 e. The zero-order valence-corrected chi connectivity index (χ0v) is 18.9. The molecule has 1 aliphatic carbocycles. The van der Waals surface area contributed by atoms with E-state index in [1.54, 1.807) is 0 Å². The number of hydrogen-bond acceptors (Lipinski definition) is 6. The van der Waals surface area contributed by atoms with E-state index in [1.165, 1.54) is 14.2 Å². The summed E-state index contributed by atoms with van der Waals surface area (Å²) in [7, 11) is -1.28. The minimum Gasteiger partial charge on any atom is -0.381 e. The Balaban J connectivity index is 1.88. The van der Waals surface area contributed by atoms with E-state index < -0.39 is 32.6 Å². The summed E-state index contributed by atoms with van der Waals surface area (Å²) in [5, 5.41) is 3.10. The fourth-order valence-corrected chi connectivity index (χ4v) is 5.72. The highest BCUT2D eigenvalue weighted by molar-refractivity contribution is 7.89. The van der Waals surface area contributed by atoms with E-state index in [1.807, 2.05) is 4.90 Å². The Morgan fingerprint density at radius 3 is 2.62 bits per heavy atom. The maximum atomic E-state index is 13.4. The number of anilines is 1. The Morgan fingerprint density at radius 1 is 1.34 bits per heavy atom. The second kappa shape index (κ2) is 9.54. The SMILES string of the molecule is COC1CC(N(C)S(=O)(=O)c2cc(C(F)(F)F)ccc2NC2CCCN(CC(N)=O)C2)C1. The summed E-state index contributed by atoms with van der Waals surface area (Å²) >= 11 is 0. The van der Waals surface area contributed by atoms with Crippen molar-refractivity contribution in [2.75, 3.05) is 39.1 Å². The number of likely N-dealkylation sites (tertiary alicyclic amines) is 1. The number of nitrogens with two attached hydrogens (primary N) is 1. The molecule has 32 heavy (non-hydrogen) atoms. The molecule has 1 heterocycles. The monoisotopic (exact) mass is 478 g/mol. The topological polar surface area (TPSA) is 105 Å². The van der Waals surface area contributed by atoms with Crippen LogP contribution in [-0.4, -0.2) is 75.5 Å². The molecule has 180 valence electrons. The summed E-state index contributed by atoms with van der Waals surface area (Å²) in [4.78, 5) is 12.7. The Hall–Kier alpha value is -1.89. The molecule has 0 spiro atoms. The average molecular weight is 479 g/mol. The number of rotatable bonds is 8. The van der Waals surface area contributed by atoms with Crippen LogP contribution in [0.25, 0.3) is 0 Å². The number of amides is 1. The van der Waals surface area contributed by atoms with Crippen LogP contribution >= 0.6 is 0 Å². The Kier molecular flexibility index (Phi) is 7.38. The second-order valence-corrected chi connectivity index (χ2v) is 10.4. The molecule has 2 fully saturated rings. The van der Waals surface area contributed by atoms with Gasteiger partial charge in [0.15, 0.2) is 0 Å². The van der Waals surface area contributed by atoms with Crippen molar-refractivity contribution < 1.29 is 31.1 Å². The molecule has 1 atom stereocenters. The lowest BCUT2D eigenvalue weighted by molar-refractivity contribution is -0.137. The molecule has 1 aliphatic heterocycles. The summed E-state index contributed by atoms with van der Waals surface area (Å²) in [6.07, 6.45) is -2.34. The van der Waals surface area contributed by atoms with E-state index in [2.05, 4.69) is 5.32 Å². The van der Waals surface area contributed by atoms with Crippen LogP contribution in [0.5, 0.6) is 0 Å². The van der Waals surface area contributed by atoms with Crippen molar-refractivity contribution in [2.45, 2.75) is 54.9 Å². The number of halogens is 3. The number of carbonyl (C=O) groups is 1. The van der Waals surface area contributed by atoms with E-state index >= 15 is 0 Å². The van der Waals surface area contributed by atoms with Crippen molar-refractivity contribution in [1.82, 2.24) is 9.21 Å². The van der Waals surface area contributed by atoms with Crippen LogP contribution in [0.4, 0.5) is 18.9 Å². The molecule has 1 aromatic carbocycles. The van der Waals surface area contributed by atoms with Gasteiger partial charge in [-0.1, -0.05) is 0 Å². The summed E-state index contributed by atoms with van der Waals surface area (Å²) in [5.74, 6) is -0.472. The molecule has 12 heteroatoms. The molecular weight excluding hydrogens is 449 g/mol. The van der Waals surface area contributed by atoms with Crippen molar-refractivity contribution in [3.63, 3.8) is 0 Å². The van der Waals surface area contributed by atoms with E-state index in [9.17, 15) is 26.4 Å². The number of nitrogens with one attached hydrogen (secondary N) is 1. The number of hydrogen-bond donors (Lipinski definition) is 2. The highest BCUT2D eigenvalue weighted by Crippen LogP contribution is 2.37. The van der Waals surface area contributed by atoms with E-state index in [0.29, 0.717) is 38.4 Å². The van der Waals surface area contributed by atoms with Crippen molar-refractivity contribution >= 4 is 21.6 Å². The molecule has 1 unspecified atom stereocenters. The molecular formula is C20H29F3N4O4S. The normalized spacial score (nSPS) is 24.9. The number of nitrogens with zero attached hydrogens (tertiary/aromatic N) is 2. The fraction of sp³-hybridized carbons (Fsp3) is 0.650. The van der Waals surface area contributed by atoms with E-state index in [0.717, 1.165) is 22.9 Å². The first-order valence-electron chi connectivity index (χ1n) is 10.4. The first-order chi connectivity index (χ1) is 14.9. The van der Waals surface area contributed by atoms with Crippen LogP contribution < -0.4 is 11.1 Å². The zero-order valence-electron chi connectivity index (χ0n) is 18.1. The lowest BCUT2D eigenvalue weighted by atomic mass is 9.89. The molecule has 0 bridgehead atoms. The summed E-state index contributed by atoms with van der Waals surface area (Å²) in [6.45, 7) is 1.17. The Morgan fingerprint density at radius 2 is 2.03 bits per heavy atom. The van der Waals surface area contributed by atoms with Gasteiger partial charge in [-0.25, -0.2) is 8.42 Å². The molecule has 1 saturated carbocycles. The van der Waals surface area contributed by atoms with Gasteiger partial charge in [-0.05, 0) is 50.4 Å². The highest BCUT2D eigenvalue weighted by Gasteiger charge is 2.40. The summed E-state index contributed by atoms with van der Waals surface area (Å²) in [5.41, 5.74) is 4.34. The minimum atomic E-state index is -4.68. The molecule has 1 saturated heterocycles. The van der Waals surface area contributed by atoms with Gasteiger partial charge in [0.2, 0.25) is 15.9 Å². The van der Waals surface area contributed by atoms with Crippen LogP contribution in [0.3, 0.4) is 0 Å². The number of benzene rings is 1. The lowest BCUT2D eigenvalue weighted by Crippen LogP contribution is -2.48. The number of methoxy groups -OCH3 is 1. The maximum Gasteiger partial charge on any atom is 0.416 e. The molecule has 3 rings (SSSR count). The minimum absolute atomic E-state index is 0.0600. The second-order valence-electron chi connectivity index (χ2n) is 8.40. The fourth-order valence-electron chi connectivity index (χ4n) is 4.17. The van der Waals surface area contributed by atoms with E-state index in [-0.39, 0.29) is 30.4 Å². The third kappa shape index (κ3) is 5.53. The number of piperidine rings is 1. The first-order valence-corrected chi connectivity index (χ1v) is 11.8. The van der Waals surface area contributed by atoms with Crippen LogP contribution in [0.1, 0.15) is 31.2 Å². The molecule has 0 radical (unpaired) electrons. The van der Waals surface area contributed by atoms with Crippen molar-refractivity contribution in [3.05, 3.63) is 23.8 Å². The predicted octanol–water partition coefficient (Wildman–Crippen LogP) is 1.86. The van der Waals surface area contributed by atoms with E-state index in [4.69, 9.17) is 10.5 Å². The number of primary amides is 1. The van der Waals surface area contributed by atoms with Gasteiger partial charge >= 0.3 is 6.18 Å². The number of alkyl halides is 3. The summed E-state index contributed by atoms with van der Waals surface area (Å²) < 4.78 is 73.0. The zero-order chi connectivity index (χ0) is 23.7. The molecule has 0 aromatic heterocycles. The Bertz CT molecular complexity index is 935. The summed E-state index contributed by atoms with van der Waals surface area (Å²) in [6, 6.07) is 2.14. The van der Waals surface area contributed by atoms with Crippen molar-refractivity contribution in [2.24, 2.45) is 5.73 Å². The predicted molar refractivity (Wildman–Crippen MR) is 112 cm³/mol. The molecule has 2 aliphatic rings. The number of carbonyl (C=O) groups excluding carboxylic acids is 1. The standard InChI is InChI=1S/C20H29F3N4O4S/c1-26(15-9-16(10-15)31-2)32(29,30)18-8-13(20(21,22)23)5-6-17(18)25-14-4-3-7-27(11-14)12-19(24)28/h5-6,8,14-16,25H,3-4,7,9-12H2,1-2H3,(H2,24,28). The van der Waals surface area contributed by atoms with Crippen molar-refractivity contribution in [3.8, 4) is 0 Å². The molecule has 1 aromatic rings.